The molecule has 0 N–H and O–H groups in total. The van der Waals surface area contributed by atoms with Crippen molar-refractivity contribution in [1.29, 1.82) is 0 Å². The van der Waals surface area contributed by atoms with Crippen LogP contribution in [-0.4, -0.2) is 86.3 Å². The molecular weight excluding hydrogens is 544 g/mol. The molecule has 4 heterocycles. The highest BCUT2D eigenvalue weighted by molar-refractivity contribution is 7.89. The molecule has 0 atom stereocenters. The summed E-state index contributed by atoms with van der Waals surface area (Å²) < 4.78 is 38.0. The predicted octanol–water partition coefficient (Wildman–Crippen LogP) is 2.64. The first-order valence-electron chi connectivity index (χ1n) is 14.0. The van der Waals surface area contributed by atoms with Crippen LogP contribution >= 0.6 is 0 Å². The molecular formula is C28H36N8O4S. The Bertz CT molecular complexity index is 1690. The van der Waals surface area contributed by atoms with Crippen molar-refractivity contribution in [1.82, 2.24) is 38.5 Å². The molecule has 1 aliphatic heterocycles. The number of nitrogens with zero attached hydrogens (tertiary/aromatic N) is 8. The summed E-state index contributed by atoms with van der Waals surface area (Å²) in [4.78, 5) is 29.2. The number of ether oxygens (including phenoxy) is 1. The van der Waals surface area contributed by atoms with Crippen molar-refractivity contribution < 1.29 is 13.2 Å². The largest absolute Gasteiger partial charge is 0.493 e. The van der Waals surface area contributed by atoms with Gasteiger partial charge in [-0.2, -0.15) is 9.40 Å². The summed E-state index contributed by atoms with van der Waals surface area (Å²) in [6, 6.07) is 4.81. The number of rotatable bonds is 10. The standard InChI is InChI=1S/C28H36N8O4S/c1-5-8-23-25-26(32-36(23)20-17-29-19-30-18-20)28(37)33(4)27(31-25)22-16-21(9-10-24(22)40-15-6-2)41(38,39)35-13-11-34(7-3)12-14-35/h9-10,16-19H,5-8,11-15H2,1-4H3. The highest BCUT2D eigenvalue weighted by Gasteiger charge is 2.30. The van der Waals surface area contributed by atoms with E-state index in [9.17, 15) is 13.2 Å². The maximum atomic E-state index is 13.7. The molecule has 1 aromatic carbocycles. The third-order valence-electron chi connectivity index (χ3n) is 7.34. The fraction of sp³-hybridized carbons (Fsp3) is 0.464. The van der Waals surface area contributed by atoms with Gasteiger partial charge in [0.1, 0.15) is 29.1 Å². The number of hydrogen-bond acceptors (Lipinski definition) is 9. The van der Waals surface area contributed by atoms with Crippen molar-refractivity contribution in [2.75, 3.05) is 39.3 Å². The smallest absolute Gasteiger partial charge is 0.281 e. The highest BCUT2D eigenvalue weighted by atomic mass is 32.2. The molecule has 13 heteroatoms. The van der Waals surface area contributed by atoms with E-state index in [2.05, 4.69) is 26.9 Å². The average Bonchev–Trinajstić information content (AvgIpc) is 3.36. The molecule has 0 radical (unpaired) electrons. The van der Waals surface area contributed by atoms with E-state index in [0.29, 0.717) is 67.5 Å². The van der Waals surface area contributed by atoms with Crippen molar-refractivity contribution in [3.63, 3.8) is 0 Å². The summed E-state index contributed by atoms with van der Waals surface area (Å²) in [6.07, 6.45) is 6.87. The van der Waals surface area contributed by atoms with E-state index in [4.69, 9.17) is 9.72 Å². The number of aromatic nitrogens is 6. The molecule has 0 aliphatic carbocycles. The van der Waals surface area contributed by atoms with E-state index in [0.717, 1.165) is 25.1 Å². The predicted molar refractivity (Wildman–Crippen MR) is 156 cm³/mol. The second-order valence-electron chi connectivity index (χ2n) is 10.0. The highest BCUT2D eigenvalue weighted by Crippen LogP contribution is 2.33. The molecule has 0 spiro atoms. The van der Waals surface area contributed by atoms with Gasteiger partial charge < -0.3 is 9.64 Å². The lowest BCUT2D eigenvalue weighted by Gasteiger charge is -2.33. The minimum atomic E-state index is -3.77. The summed E-state index contributed by atoms with van der Waals surface area (Å²) in [6.45, 7) is 9.64. The summed E-state index contributed by atoms with van der Waals surface area (Å²) in [5.74, 6) is 0.770. The van der Waals surface area contributed by atoms with Crippen molar-refractivity contribution in [3.8, 4) is 22.8 Å². The minimum absolute atomic E-state index is 0.140. The first kappa shape index (κ1) is 28.8. The number of sulfonamides is 1. The number of likely N-dealkylation sites (N-methyl/N-ethyl adjacent to an activating group) is 1. The maximum Gasteiger partial charge on any atom is 0.281 e. The van der Waals surface area contributed by atoms with Gasteiger partial charge in [0.25, 0.3) is 5.56 Å². The van der Waals surface area contributed by atoms with Crippen LogP contribution in [0.3, 0.4) is 0 Å². The molecule has 1 saturated heterocycles. The van der Waals surface area contributed by atoms with Gasteiger partial charge in [0.05, 0.1) is 35.2 Å². The van der Waals surface area contributed by atoms with Crippen LogP contribution in [0.2, 0.25) is 0 Å². The van der Waals surface area contributed by atoms with Crippen LogP contribution in [0.25, 0.3) is 28.1 Å². The van der Waals surface area contributed by atoms with E-state index < -0.39 is 10.0 Å². The average molecular weight is 581 g/mol. The zero-order chi connectivity index (χ0) is 29.1. The molecule has 1 aliphatic rings. The summed E-state index contributed by atoms with van der Waals surface area (Å²) in [5.41, 5.74) is 2.15. The Balaban J connectivity index is 1.68. The van der Waals surface area contributed by atoms with Gasteiger partial charge in [0.15, 0.2) is 5.52 Å². The first-order chi connectivity index (χ1) is 19.8. The minimum Gasteiger partial charge on any atom is -0.493 e. The Kier molecular flexibility index (Phi) is 8.47. The Morgan fingerprint density at radius 2 is 1.71 bits per heavy atom. The number of piperazine rings is 1. The van der Waals surface area contributed by atoms with Crippen LogP contribution < -0.4 is 10.3 Å². The summed E-state index contributed by atoms with van der Waals surface area (Å²) in [7, 11) is -2.16. The quantitative estimate of drug-likeness (QED) is 0.278. The molecule has 5 rings (SSSR count). The van der Waals surface area contributed by atoms with Crippen molar-refractivity contribution in [2.24, 2.45) is 7.05 Å². The van der Waals surface area contributed by atoms with Crippen LogP contribution in [0.5, 0.6) is 5.75 Å². The third kappa shape index (κ3) is 5.48. The Labute approximate surface area is 239 Å². The van der Waals surface area contributed by atoms with Crippen LogP contribution in [0.4, 0.5) is 0 Å². The molecule has 4 aromatic rings. The van der Waals surface area contributed by atoms with E-state index in [1.807, 2.05) is 13.8 Å². The number of benzene rings is 1. The number of aryl methyl sites for hydroxylation is 1. The normalized spacial score (nSPS) is 15.0. The summed E-state index contributed by atoms with van der Waals surface area (Å²) >= 11 is 0. The van der Waals surface area contributed by atoms with Gasteiger partial charge in [-0.3, -0.25) is 9.36 Å². The van der Waals surface area contributed by atoms with E-state index in [1.165, 1.54) is 15.2 Å². The third-order valence-corrected chi connectivity index (χ3v) is 9.24. The Hall–Kier alpha value is -3.68. The van der Waals surface area contributed by atoms with Gasteiger partial charge >= 0.3 is 0 Å². The van der Waals surface area contributed by atoms with Gasteiger partial charge in [0.2, 0.25) is 10.0 Å². The van der Waals surface area contributed by atoms with E-state index >= 15 is 0 Å². The van der Waals surface area contributed by atoms with Gasteiger partial charge in [-0.15, -0.1) is 0 Å². The topological polar surface area (TPSA) is 128 Å². The van der Waals surface area contributed by atoms with Gasteiger partial charge in [-0.1, -0.05) is 27.2 Å². The molecule has 0 unspecified atom stereocenters. The van der Waals surface area contributed by atoms with Crippen molar-refractivity contribution >= 4 is 21.1 Å². The fourth-order valence-electron chi connectivity index (χ4n) is 5.08. The molecule has 12 nitrogen and oxygen atoms in total. The maximum absolute atomic E-state index is 13.7. The van der Waals surface area contributed by atoms with Crippen LogP contribution in [0.15, 0.2) is 46.6 Å². The Morgan fingerprint density at radius 1 is 0.976 bits per heavy atom. The van der Waals surface area contributed by atoms with Crippen LogP contribution in [0.1, 0.15) is 39.3 Å². The lowest BCUT2D eigenvalue weighted by molar-refractivity contribution is 0.196. The number of fused-ring (bicyclic) bond motifs is 1. The van der Waals surface area contributed by atoms with Gasteiger partial charge in [-0.25, -0.2) is 28.1 Å². The van der Waals surface area contributed by atoms with E-state index in [-0.39, 0.29) is 16.0 Å². The van der Waals surface area contributed by atoms with Crippen LogP contribution in [-0.2, 0) is 23.5 Å². The van der Waals surface area contributed by atoms with Crippen molar-refractivity contribution in [3.05, 3.63) is 53.0 Å². The summed E-state index contributed by atoms with van der Waals surface area (Å²) in [5, 5.41) is 4.60. The molecule has 0 bridgehead atoms. The molecule has 1 fully saturated rings. The van der Waals surface area contributed by atoms with Gasteiger partial charge in [-0.05, 0) is 37.6 Å². The fourth-order valence-corrected chi connectivity index (χ4v) is 6.52. The SMILES string of the molecule is CCCOc1ccc(S(=O)(=O)N2CCN(CC)CC2)cc1-c1nc2c(CCC)n(-c3cncnc3)nc2c(=O)n1C. The first-order valence-corrected chi connectivity index (χ1v) is 15.5. The molecule has 0 amide bonds. The second-order valence-corrected chi connectivity index (χ2v) is 12.0. The van der Waals surface area contributed by atoms with Crippen molar-refractivity contribution in [2.45, 2.75) is 44.9 Å². The Morgan fingerprint density at radius 3 is 2.37 bits per heavy atom. The monoisotopic (exact) mass is 580 g/mol. The molecule has 218 valence electrons. The van der Waals surface area contributed by atoms with Crippen LogP contribution in [0, 0.1) is 0 Å². The molecule has 0 saturated carbocycles. The van der Waals surface area contributed by atoms with Gasteiger partial charge in [0, 0.05) is 33.2 Å². The van der Waals surface area contributed by atoms with E-state index in [1.54, 1.807) is 42.3 Å². The second kappa shape index (κ2) is 12.0. The molecule has 41 heavy (non-hydrogen) atoms. The lowest BCUT2D eigenvalue weighted by Crippen LogP contribution is -2.48. The molecule has 3 aromatic heterocycles. The zero-order valence-corrected chi connectivity index (χ0v) is 24.8. The lowest BCUT2D eigenvalue weighted by atomic mass is 10.1. The zero-order valence-electron chi connectivity index (χ0n) is 23.9. The number of hydrogen-bond donors (Lipinski definition) is 0.